The van der Waals surface area contributed by atoms with Crippen molar-refractivity contribution >= 4 is 29.8 Å². The van der Waals surface area contributed by atoms with Crippen LogP contribution in [0.5, 0.6) is 0 Å². The SMILES string of the molecule is CCC(=O)c1cccc(NC(=O)C(N)C(C)CC)c1.Cl. The van der Waals surface area contributed by atoms with Crippen LogP contribution in [-0.4, -0.2) is 17.7 Å². The summed E-state index contributed by atoms with van der Waals surface area (Å²) in [5, 5.41) is 2.76. The van der Waals surface area contributed by atoms with Gasteiger partial charge in [0.25, 0.3) is 0 Å². The van der Waals surface area contributed by atoms with Crippen LogP contribution < -0.4 is 11.1 Å². The van der Waals surface area contributed by atoms with Crippen molar-refractivity contribution in [2.45, 2.75) is 39.7 Å². The van der Waals surface area contributed by atoms with Crippen LogP contribution in [-0.2, 0) is 4.79 Å². The van der Waals surface area contributed by atoms with Crippen LogP contribution in [0.15, 0.2) is 24.3 Å². The minimum Gasteiger partial charge on any atom is -0.325 e. The number of ketones is 1. The van der Waals surface area contributed by atoms with E-state index in [2.05, 4.69) is 5.32 Å². The first-order valence-corrected chi connectivity index (χ1v) is 6.69. The molecular formula is C15H23ClN2O2. The Morgan fingerprint density at radius 3 is 2.50 bits per heavy atom. The zero-order valence-corrected chi connectivity index (χ0v) is 13.0. The van der Waals surface area contributed by atoms with E-state index < -0.39 is 6.04 Å². The third-order valence-electron chi connectivity index (χ3n) is 3.33. The summed E-state index contributed by atoms with van der Waals surface area (Å²) < 4.78 is 0. The van der Waals surface area contributed by atoms with E-state index in [0.717, 1.165) is 6.42 Å². The van der Waals surface area contributed by atoms with Gasteiger partial charge in [-0.25, -0.2) is 0 Å². The molecule has 5 heteroatoms. The van der Waals surface area contributed by atoms with Crippen molar-refractivity contribution in [3.8, 4) is 0 Å². The van der Waals surface area contributed by atoms with Crippen LogP contribution in [0.1, 0.15) is 44.0 Å². The number of amides is 1. The second-order valence-electron chi connectivity index (χ2n) is 4.76. The normalized spacial score (nSPS) is 13.0. The van der Waals surface area contributed by atoms with Gasteiger partial charge >= 0.3 is 0 Å². The van der Waals surface area contributed by atoms with Crippen molar-refractivity contribution in [1.29, 1.82) is 0 Å². The zero-order valence-electron chi connectivity index (χ0n) is 12.2. The maximum atomic E-state index is 11.9. The molecule has 0 saturated carbocycles. The lowest BCUT2D eigenvalue weighted by Crippen LogP contribution is -2.40. The fraction of sp³-hybridized carbons (Fsp3) is 0.467. The third kappa shape index (κ3) is 4.94. The number of hydrogen-bond acceptors (Lipinski definition) is 3. The van der Waals surface area contributed by atoms with Gasteiger partial charge in [0.15, 0.2) is 5.78 Å². The number of nitrogens with two attached hydrogens (primary N) is 1. The zero-order chi connectivity index (χ0) is 14.4. The first kappa shape index (κ1) is 18.6. The lowest BCUT2D eigenvalue weighted by molar-refractivity contribution is -0.118. The number of halogens is 1. The Labute approximate surface area is 126 Å². The number of hydrogen-bond donors (Lipinski definition) is 2. The van der Waals surface area contributed by atoms with Gasteiger partial charge in [0.05, 0.1) is 6.04 Å². The van der Waals surface area contributed by atoms with E-state index in [9.17, 15) is 9.59 Å². The Hall–Kier alpha value is -1.39. The average molecular weight is 299 g/mol. The second kappa shape index (κ2) is 8.72. The maximum Gasteiger partial charge on any atom is 0.241 e. The van der Waals surface area contributed by atoms with Gasteiger partial charge in [-0.2, -0.15) is 0 Å². The smallest absolute Gasteiger partial charge is 0.241 e. The van der Waals surface area contributed by atoms with E-state index >= 15 is 0 Å². The van der Waals surface area contributed by atoms with Crippen molar-refractivity contribution in [2.24, 2.45) is 11.7 Å². The van der Waals surface area contributed by atoms with Crippen LogP contribution in [0.2, 0.25) is 0 Å². The van der Waals surface area contributed by atoms with Crippen LogP contribution >= 0.6 is 12.4 Å². The molecule has 0 saturated heterocycles. The molecule has 0 fully saturated rings. The van der Waals surface area contributed by atoms with Crippen LogP contribution in [0, 0.1) is 5.92 Å². The number of nitrogens with one attached hydrogen (secondary N) is 1. The Balaban J connectivity index is 0.00000361. The van der Waals surface area contributed by atoms with Gasteiger partial charge in [-0.1, -0.05) is 39.3 Å². The van der Waals surface area contributed by atoms with Crippen molar-refractivity contribution in [3.05, 3.63) is 29.8 Å². The van der Waals surface area contributed by atoms with Crippen molar-refractivity contribution in [3.63, 3.8) is 0 Å². The monoisotopic (exact) mass is 298 g/mol. The van der Waals surface area contributed by atoms with Gasteiger partial charge in [-0.05, 0) is 18.1 Å². The standard InChI is InChI=1S/C15H22N2O2.ClH/c1-4-10(3)14(16)15(19)17-12-8-6-7-11(9-12)13(18)5-2;/h6-10,14H,4-5,16H2,1-3H3,(H,17,19);1H. The molecule has 3 N–H and O–H groups in total. The Morgan fingerprint density at radius 2 is 1.95 bits per heavy atom. The molecule has 0 aliphatic rings. The first-order valence-electron chi connectivity index (χ1n) is 6.69. The summed E-state index contributed by atoms with van der Waals surface area (Å²) in [7, 11) is 0. The minimum atomic E-state index is -0.532. The summed E-state index contributed by atoms with van der Waals surface area (Å²) in [6, 6.07) is 6.42. The Kier molecular flexibility index (Phi) is 8.11. The van der Waals surface area contributed by atoms with Gasteiger partial charge in [0.1, 0.15) is 0 Å². The highest BCUT2D eigenvalue weighted by Crippen LogP contribution is 2.14. The third-order valence-corrected chi connectivity index (χ3v) is 3.33. The topological polar surface area (TPSA) is 72.2 Å². The Bertz CT molecular complexity index is 463. The molecule has 0 aliphatic heterocycles. The van der Waals surface area contributed by atoms with Crippen molar-refractivity contribution in [1.82, 2.24) is 0 Å². The van der Waals surface area contributed by atoms with E-state index in [-0.39, 0.29) is 30.0 Å². The summed E-state index contributed by atoms with van der Waals surface area (Å²) >= 11 is 0. The molecule has 2 unspecified atom stereocenters. The van der Waals surface area contributed by atoms with E-state index in [1.165, 1.54) is 0 Å². The highest BCUT2D eigenvalue weighted by Gasteiger charge is 2.19. The molecule has 0 aliphatic carbocycles. The number of carbonyl (C=O) groups is 2. The molecule has 4 nitrogen and oxygen atoms in total. The molecule has 1 aromatic rings. The van der Waals surface area contributed by atoms with Gasteiger partial charge in [-0.3, -0.25) is 9.59 Å². The Morgan fingerprint density at radius 1 is 1.30 bits per heavy atom. The van der Waals surface area contributed by atoms with E-state index in [4.69, 9.17) is 5.73 Å². The average Bonchev–Trinajstić information content (AvgIpc) is 2.44. The van der Waals surface area contributed by atoms with Crippen molar-refractivity contribution < 1.29 is 9.59 Å². The lowest BCUT2D eigenvalue weighted by Gasteiger charge is -2.17. The maximum absolute atomic E-state index is 11.9. The molecule has 0 aromatic heterocycles. The summed E-state index contributed by atoms with van der Waals surface area (Å²) in [4.78, 5) is 23.5. The molecule has 0 heterocycles. The molecule has 112 valence electrons. The van der Waals surface area contributed by atoms with Crippen LogP contribution in [0.3, 0.4) is 0 Å². The number of benzene rings is 1. The fourth-order valence-corrected chi connectivity index (χ4v) is 1.71. The molecular weight excluding hydrogens is 276 g/mol. The van der Waals surface area contributed by atoms with E-state index in [1.807, 2.05) is 20.8 Å². The van der Waals surface area contributed by atoms with Gasteiger partial charge in [0.2, 0.25) is 5.91 Å². The predicted molar refractivity (Wildman–Crippen MR) is 84.4 cm³/mol. The quantitative estimate of drug-likeness (QED) is 0.793. The number of anilines is 1. The van der Waals surface area contributed by atoms with Crippen LogP contribution in [0.4, 0.5) is 5.69 Å². The lowest BCUT2D eigenvalue weighted by atomic mass is 9.99. The molecule has 2 atom stereocenters. The van der Waals surface area contributed by atoms with E-state index in [1.54, 1.807) is 24.3 Å². The number of rotatable bonds is 6. The summed E-state index contributed by atoms with van der Waals surface area (Å²) in [5.41, 5.74) is 7.09. The number of Topliss-reactive ketones (excluding diaryl/α,β-unsaturated/α-hetero) is 1. The molecule has 20 heavy (non-hydrogen) atoms. The van der Waals surface area contributed by atoms with Crippen LogP contribution in [0.25, 0.3) is 0 Å². The summed E-state index contributed by atoms with van der Waals surface area (Å²) in [6.07, 6.45) is 1.30. The molecule has 1 aromatic carbocycles. The highest BCUT2D eigenvalue weighted by molar-refractivity contribution is 5.99. The number of carbonyl (C=O) groups excluding carboxylic acids is 2. The first-order chi connectivity index (χ1) is 8.99. The van der Waals surface area contributed by atoms with Gasteiger partial charge < -0.3 is 11.1 Å². The minimum absolute atomic E-state index is 0. The van der Waals surface area contributed by atoms with Gasteiger partial charge in [-0.15, -0.1) is 12.4 Å². The molecule has 0 bridgehead atoms. The predicted octanol–water partition coefficient (Wildman–Crippen LogP) is 3.01. The molecule has 0 spiro atoms. The van der Waals surface area contributed by atoms with Crippen molar-refractivity contribution in [2.75, 3.05) is 5.32 Å². The highest BCUT2D eigenvalue weighted by atomic mass is 35.5. The summed E-state index contributed by atoms with van der Waals surface area (Å²) in [6.45, 7) is 5.76. The second-order valence-corrected chi connectivity index (χ2v) is 4.76. The molecule has 1 rings (SSSR count). The summed E-state index contributed by atoms with van der Waals surface area (Å²) in [5.74, 6) is -0.0294. The van der Waals surface area contributed by atoms with Gasteiger partial charge in [0, 0.05) is 17.7 Å². The largest absolute Gasteiger partial charge is 0.325 e. The fourth-order valence-electron chi connectivity index (χ4n) is 1.71. The molecule has 1 amide bonds. The van der Waals surface area contributed by atoms with E-state index in [0.29, 0.717) is 17.7 Å². The molecule has 0 radical (unpaired) electrons.